The van der Waals surface area contributed by atoms with Crippen LogP contribution < -0.4 is 10.2 Å². The highest BCUT2D eigenvalue weighted by atomic mass is 35.5. The summed E-state index contributed by atoms with van der Waals surface area (Å²) in [4.78, 5) is 25.8. The summed E-state index contributed by atoms with van der Waals surface area (Å²) in [5.74, 6) is -0.208. The van der Waals surface area contributed by atoms with Crippen molar-refractivity contribution >= 4 is 57.8 Å². The number of nitrogens with zero attached hydrogens (tertiary/aromatic N) is 1. The second-order valence-electron chi connectivity index (χ2n) is 7.28. The molecule has 2 amide bonds. The van der Waals surface area contributed by atoms with Crippen molar-refractivity contribution in [3.63, 3.8) is 0 Å². The minimum Gasteiger partial charge on any atom is -0.488 e. The Bertz CT molecular complexity index is 1240. The van der Waals surface area contributed by atoms with Gasteiger partial charge < -0.3 is 4.74 Å². The smallest absolute Gasteiger partial charge is 0.285 e. The molecule has 0 aromatic heterocycles. The lowest BCUT2D eigenvalue weighted by atomic mass is 10.1. The van der Waals surface area contributed by atoms with E-state index in [0.717, 1.165) is 27.9 Å². The zero-order chi connectivity index (χ0) is 23.4. The Kier molecular flexibility index (Phi) is 7.13. The molecule has 4 rings (SSSR count). The van der Waals surface area contributed by atoms with Gasteiger partial charge in [0.05, 0.1) is 4.91 Å². The predicted molar refractivity (Wildman–Crippen MR) is 136 cm³/mol. The molecule has 33 heavy (non-hydrogen) atoms. The Morgan fingerprint density at radius 1 is 1.09 bits per heavy atom. The second-order valence-corrected chi connectivity index (χ2v) is 9.39. The summed E-state index contributed by atoms with van der Waals surface area (Å²) in [7, 11) is 0. The van der Waals surface area contributed by atoms with E-state index in [1.165, 1.54) is 5.56 Å². The van der Waals surface area contributed by atoms with Crippen LogP contribution in [-0.2, 0) is 11.4 Å². The Morgan fingerprint density at radius 3 is 2.52 bits per heavy atom. The van der Waals surface area contributed by atoms with Crippen LogP contribution in [0.3, 0.4) is 0 Å². The third-order valence-electron chi connectivity index (χ3n) is 4.83. The predicted octanol–water partition coefficient (Wildman–Crippen LogP) is 5.77. The number of thioether (sulfide) groups is 1. The van der Waals surface area contributed by atoms with E-state index >= 15 is 0 Å². The summed E-state index contributed by atoms with van der Waals surface area (Å²) in [6.07, 6.45) is 1.72. The highest BCUT2D eigenvalue weighted by Gasteiger charge is 2.34. The number of carbonyl (C=O) groups excluding carboxylic acids is 2. The van der Waals surface area contributed by atoms with Crippen LogP contribution in [-0.4, -0.2) is 21.1 Å². The number of thiocarbonyl (C=S) groups is 1. The monoisotopic (exact) mass is 494 g/mol. The molecule has 0 bridgehead atoms. The number of benzene rings is 3. The number of carbonyl (C=O) groups is 2. The van der Waals surface area contributed by atoms with Crippen LogP contribution in [0.4, 0.5) is 0 Å². The largest absolute Gasteiger partial charge is 0.488 e. The van der Waals surface area contributed by atoms with Gasteiger partial charge in [-0.3, -0.25) is 15.0 Å². The van der Waals surface area contributed by atoms with Crippen LogP contribution in [0.25, 0.3) is 6.08 Å². The molecule has 5 nitrogen and oxygen atoms in total. The zero-order valence-electron chi connectivity index (χ0n) is 17.6. The molecular formula is C25H19ClN2O3S2. The fourth-order valence-corrected chi connectivity index (χ4v) is 4.35. The molecule has 3 aromatic rings. The lowest BCUT2D eigenvalue weighted by Crippen LogP contribution is -2.44. The quantitative estimate of drug-likeness (QED) is 0.348. The number of halogens is 1. The molecule has 0 atom stereocenters. The van der Waals surface area contributed by atoms with Gasteiger partial charge in [0.1, 0.15) is 12.4 Å². The van der Waals surface area contributed by atoms with Gasteiger partial charge in [-0.15, -0.1) is 0 Å². The van der Waals surface area contributed by atoms with Crippen molar-refractivity contribution in [1.29, 1.82) is 0 Å². The van der Waals surface area contributed by atoms with Crippen molar-refractivity contribution in [3.05, 3.63) is 105 Å². The number of hydrogen-bond acceptors (Lipinski definition) is 5. The summed E-state index contributed by atoms with van der Waals surface area (Å²) in [5, 5.41) is 1.60. The SMILES string of the molecule is Cc1ccc(COc2ccccc2/C=C2/SC(=S)N(NC(=O)c3ccc(Cl)cc3)C2=O)cc1. The summed E-state index contributed by atoms with van der Waals surface area (Å²) in [6.45, 7) is 2.44. The van der Waals surface area contributed by atoms with Gasteiger partial charge in [-0.2, -0.15) is 5.01 Å². The fraction of sp³-hybridized carbons (Fsp3) is 0.0800. The summed E-state index contributed by atoms with van der Waals surface area (Å²) in [5.41, 5.74) is 5.91. The first-order valence-electron chi connectivity index (χ1n) is 10.0. The molecule has 3 aromatic carbocycles. The van der Waals surface area contributed by atoms with E-state index in [-0.39, 0.29) is 4.32 Å². The molecule has 0 spiro atoms. The first kappa shape index (κ1) is 23.0. The molecule has 0 radical (unpaired) electrons. The molecule has 1 aliphatic heterocycles. The maximum atomic E-state index is 12.9. The fourth-order valence-electron chi connectivity index (χ4n) is 3.05. The number of ether oxygens (including phenoxy) is 1. The van der Waals surface area contributed by atoms with Crippen molar-refractivity contribution in [3.8, 4) is 5.75 Å². The molecule has 0 saturated carbocycles. The first-order chi connectivity index (χ1) is 15.9. The van der Waals surface area contributed by atoms with Crippen molar-refractivity contribution in [2.24, 2.45) is 0 Å². The van der Waals surface area contributed by atoms with Gasteiger partial charge >= 0.3 is 0 Å². The van der Waals surface area contributed by atoms with Crippen LogP contribution in [0.15, 0.2) is 77.7 Å². The molecule has 8 heteroatoms. The summed E-state index contributed by atoms with van der Waals surface area (Å²) < 4.78 is 6.24. The molecule has 1 heterocycles. The van der Waals surface area contributed by atoms with Gasteiger partial charge in [-0.1, -0.05) is 71.4 Å². The number of rotatable bonds is 6. The van der Waals surface area contributed by atoms with Gasteiger partial charge in [0.25, 0.3) is 11.8 Å². The summed E-state index contributed by atoms with van der Waals surface area (Å²) >= 11 is 12.3. The van der Waals surface area contributed by atoms with Crippen LogP contribution in [0, 0.1) is 6.92 Å². The number of nitrogens with one attached hydrogen (secondary N) is 1. The van der Waals surface area contributed by atoms with Gasteiger partial charge in [-0.05, 0) is 61.1 Å². The van der Waals surface area contributed by atoms with Crippen molar-refractivity contribution in [2.45, 2.75) is 13.5 Å². The lowest BCUT2D eigenvalue weighted by molar-refractivity contribution is -0.123. The topological polar surface area (TPSA) is 58.6 Å². The van der Waals surface area contributed by atoms with Crippen molar-refractivity contribution in [1.82, 2.24) is 10.4 Å². The minimum absolute atomic E-state index is 0.242. The Balaban J connectivity index is 1.48. The Labute approximate surface area is 206 Å². The second kappa shape index (κ2) is 10.2. The molecule has 0 aliphatic carbocycles. The number of amides is 2. The van der Waals surface area contributed by atoms with Crippen LogP contribution >= 0.6 is 35.6 Å². The van der Waals surface area contributed by atoms with Gasteiger partial charge in [0.15, 0.2) is 4.32 Å². The average Bonchev–Trinajstić information content (AvgIpc) is 3.07. The molecule has 1 saturated heterocycles. The van der Waals surface area contributed by atoms with Gasteiger partial charge in [0.2, 0.25) is 0 Å². The normalized spacial score (nSPS) is 14.6. The van der Waals surface area contributed by atoms with Crippen LogP contribution in [0.2, 0.25) is 5.02 Å². The number of para-hydroxylation sites is 1. The van der Waals surface area contributed by atoms with Crippen molar-refractivity contribution in [2.75, 3.05) is 0 Å². The van der Waals surface area contributed by atoms with E-state index < -0.39 is 11.8 Å². The molecule has 1 fully saturated rings. The van der Waals surface area contributed by atoms with E-state index in [0.29, 0.717) is 27.8 Å². The third kappa shape index (κ3) is 5.63. The van der Waals surface area contributed by atoms with Gasteiger partial charge in [-0.25, -0.2) is 0 Å². The number of hydrazine groups is 1. The lowest BCUT2D eigenvalue weighted by Gasteiger charge is -2.15. The van der Waals surface area contributed by atoms with Crippen LogP contribution in [0.5, 0.6) is 5.75 Å². The molecule has 166 valence electrons. The number of hydrogen-bond donors (Lipinski definition) is 1. The molecule has 0 unspecified atom stereocenters. The first-order valence-corrected chi connectivity index (χ1v) is 11.6. The molecular weight excluding hydrogens is 476 g/mol. The molecule has 1 N–H and O–H groups in total. The minimum atomic E-state index is -0.453. The van der Waals surface area contributed by atoms with Crippen LogP contribution in [0.1, 0.15) is 27.0 Å². The van der Waals surface area contributed by atoms with Gasteiger partial charge in [0, 0.05) is 16.1 Å². The Hall–Kier alpha value is -3.13. The average molecular weight is 495 g/mol. The third-order valence-corrected chi connectivity index (χ3v) is 6.39. The Morgan fingerprint density at radius 2 is 1.79 bits per heavy atom. The maximum absolute atomic E-state index is 12.9. The maximum Gasteiger partial charge on any atom is 0.285 e. The van der Waals surface area contributed by atoms with E-state index in [2.05, 4.69) is 5.43 Å². The zero-order valence-corrected chi connectivity index (χ0v) is 20.0. The molecule has 1 aliphatic rings. The number of aryl methyl sites for hydroxylation is 1. The standard InChI is InChI=1S/C25H19ClN2O3S2/c1-16-6-8-17(9-7-16)15-31-21-5-3-2-4-19(21)14-22-24(30)28(25(32)33-22)27-23(29)18-10-12-20(26)13-11-18/h2-14H,15H2,1H3,(H,27,29)/b22-14+. The highest BCUT2D eigenvalue weighted by molar-refractivity contribution is 8.26. The van der Waals surface area contributed by atoms with E-state index in [1.54, 1.807) is 30.3 Å². The summed E-state index contributed by atoms with van der Waals surface area (Å²) in [6, 6.07) is 21.9. The van der Waals surface area contributed by atoms with E-state index in [4.69, 9.17) is 28.6 Å². The van der Waals surface area contributed by atoms with E-state index in [9.17, 15) is 9.59 Å². The van der Waals surface area contributed by atoms with Crippen molar-refractivity contribution < 1.29 is 14.3 Å². The highest BCUT2D eigenvalue weighted by Crippen LogP contribution is 2.33. The van der Waals surface area contributed by atoms with E-state index in [1.807, 2.05) is 55.5 Å².